The van der Waals surface area contributed by atoms with E-state index in [2.05, 4.69) is 159 Å². The molecule has 0 radical (unpaired) electrons. The van der Waals surface area contributed by atoms with Crippen molar-refractivity contribution in [3.05, 3.63) is 209 Å². The first kappa shape index (κ1) is 34.6. The van der Waals surface area contributed by atoms with E-state index < -0.39 is 5.41 Å². The van der Waals surface area contributed by atoms with Gasteiger partial charge in [0.25, 0.3) is 0 Å². The van der Waals surface area contributed by atoms with Crippen molar-refractivity contribution in [1.29, 1.82) is 0 Å². The summed E-state index contributed by atoms with van der Waals surface area (Å²) in [6.07, 6.45) is 5.48. The van der Waals surface area contributed by atoms with E-state index in [1.807, 2.05) is 59.3 Å². The van der Waals surface area contributed by atoms with E-state index in [1.54, 1.807) is 6.33 Å². The molecule has 6 heterocycles. The summed E-state index contributed by atoms with van der Waals surface area (Å²) in [6.45, 7) is 0. The van der Waals surface area contributed by atoms with Crippen molar-refractivity contribution in [2.75, 3.05) is 4.90 Å². The van der Waals surface area contributed by atoms with E-state index in [9.17, 15) is 0 Å². The zero-order chi connectivity index (χ0) is 39.6. The van der Waals surface area contributed by atoms with Crippen LogP contribution in [-0.4, -0.2) is 29.9 Å². The van der Waals surface area contributed by atoms with Crippen LogP contribution < -0.4 is 4.90 Å². The number of benzene rings is 5. The number of anilines is 3. The minimum atomic E-state index is -0.499. The molecular weight excluding hydrogens is 775 g/mol. The summed E-state index contributed by atoms with van der Waals surface area (Å²) in [5.74, 6) is 2.65. The predicted octanol–water partition coefficient (Wildman–Crippen LogP) is 12.7. The lowest BCUT2D eigenvalue weighted by Gasteiger charge is -2.43. The topological polar surface area (TPSA) is 80.6 Å². The monoisotopic (exact) mass is 805 g/mol. The van der Waals surface area contributed by atoms with Crippen LogP contribution in [0.15, 0.2) is 187 Å². The van der Waals surface area contributed by atoms with Gasteiger partial charge in [0.1, 0.15) is 12.1 Å². The molecule has 0 amide bonds. The van der Waals surface area contributed by atoms with Gasteiger partial charge < -0.3 is 0 Å². The van der Waals surface area contributed by atoms with Gasteiger partial charge in [-0.1, -0.05) is 103 Å². The van der Waals surface area contributed by atoms with Crippen molar-refractivity contribution in [2.24, 2.45) is 0 Å². The molecule has 9 heteroatoms. The summed E-state index contributed by atoms with van der Waals surface area (Å²) < 4.78 is 0. The Hall–Kier alpha value is -7.46. The lowest BCUT2D eigenvalue weighted by atomic mass is 9.66. The molecule has 0 bridgehead atoms. The van der Waals surface area contributed by atoms with Crippen molar-refractivity contribution >= 4 is 39.9 Å². The number of hydrogen-bond donors (Lipinski definition) is 0. The van der Waals surface area contributed by atoms with Gasteiger partial charge in [-0.3, -0.25) is 9.88 Å². The van der Waals surface area contributed by atoms with Crippen LogP contribution in [0.5, 0.6) is 0 Å². The number of fused-ring (bicyclic) bond motifs is 9. The highest BCUT2D eigenvalue weighted by Gasteiger charge is 2.53. The van der Waals surface area contributed by atoms with Gasteiger partial charge in [0.2, 0.25) is 0 Å². The predicted molar refractivity (Wildman–Crippen MR) is 242 cm³/mol. The molecule has 0 saturated carbocycles. The van der Waals surface area contributed by atoms with E-state index in [4.69, 9.17) is 19.9 Å². The molecule has 1 aliphatic carbocycles. The Bertz CT molecular complexity index is 3010. The number of pyridine rings is 1. The number of nitrogens with zero attached hydrogens (tertiary/aromatic N) is 7. The number of aromatic nitrogens is 6. The molecule has 0 saturated heterocycles. The SMILES string of the molecule is c1ccc(-c2ccc(-c3nc(-c4ccc(-c5ccccn5)cc4)nc(-c4ccc(N5c6ccccc6C6(c7cncnc75)c5ccsc5-c5sccc56)cc4)n3)cc2)cc1. The minimum Gasteiger partial charge on any atom is -0.294 e. The Morgan fingerprint density at radius 3 is 1.62 bits per heavy atom. The second-order valence-electron chi connectivity index (χ2n) is 14.8. The third kappa shape index (κ3) is 5.33. The fourth-order valence-corrected chi connectivity index (χ4v) is 10.9. The summed E-state index contributed by atoms with van der Waals surface area (Å²) in [6, 6.07) is 54.7. The minimum absolute atomic E-state index is 0.499. The second kappa shape index (κ2) is 13.8. The van der Waals surface area contributed by atoms with Crippen LogP contribution in [-0.2, 0) is 5.41 Å². The zero-order valence-electron chi connectivity index (χ0n) is 31.8. The molecule has 0 N–H and O–H groups in total. The van der Waals surface area contributed by atoms with Crippen molar-refractivity contribution in [3.63, 3.8) is 0 Å². The van der Waals surface area contributed by atoms with Gasteiger partial charge in [-0.15, -0.1) is 22.7 Å². The molecule has 10 aromatic rings. The maximum atomic E-state index is 5.10. The van der Waals surface area contributed by atoms with Crippen LogP contribution in [0.3, 0.4) is 0 Å². The number of para-hydroxylation sites is 1. The Balaban J connectivity index is 0.960. The molecule has 282 valence electrons. The molecule has 0 unspecified atom stereocenters. The molecule has 1 spiro atoms. The molecule has 60 heavy (non-hydrogen) atoms. The van der Waals surface area contributed by atoms with Gasteiger partial charge in [-0.2, -0.15) is 0 Å². The summed E-state index contributed by atoms with van der Waals surface area (Å²) >= 11 is 3.62. The maximum Gasteiger partial charge on any atom is 0.164 e. The molecule has 0 fully saturated rings. The van der Waals surface area contributed by atoms with Crippen LogP contribution in [0.4, 0.5) is 17.2 Å². The highest BCUT2D eigenvalue weighted by atomic mass is 32.1. The molecule has 0 atom stereocenters. The molecule has 1 aliphatic heterocycles. The third-order valence-corrected chi connectivity index (χ3v) is 13.6. The lowest BCUT2D eigenvalue weighted by molar-refractivity contribution is 0.740. The van der Waals surface area contributed by atoms with Gasteiger partial charge in [0.05, 0.1) is 16.8 Å². The molecule has 12 rings (SSSR count). The van der Waals surface area contributed by atoms with Gasteiger partial charge in [0, 0.05) is 55.7 Å². The van der Waals surface area contributed by atoms with Crippen LogP contribution >= 0.6 is 22.7 Å². The first-order valence-corrected chi connectivity index (χ1v) is 21.4. The largest absolute Gasteiger partial charge is 0.294 e. The van der Waals surface area contributed by atoms with Gasteiger partial charge >= 0.3 is 0 Å². The van der Waals surface area contributed by atoms with Crippen LogP contribution in [0.1, 0.15) is 22.3 Å². The van der Waals surface area contributed by atoms with E-state index in [-0.39, 0.29) is 0 Å². The van der Waals surface area contributed by atoms with Crippen LogP contribution in [0.25, 0.3) is 66.3 Å². The fraction of sp³-hybridized carbons (Fsp3) is 0.0196. The highest BCUT2D eigenvalue weighted by molar-refractivity contribution is 7.21. The standard InChI is InChI=1S/C51H31N7S2/c1-2-8-32(9-3-1)33-13-17-35(18-14-33)47-55-48(36-19-15-34(16-20-36)43-11-6-7-27-53-43)57-49(56-47)37-21-23-38(24-22-37)58-44-12-5-4-10-39(44)51(42-30-52-31-54-50(42)58)40-25-28-59-45(40)46-41(51)26-29-60-46/h1-31H. The first-order chi connectivity index (χ1) is 29.7. The maximum absolute atomic E-state index is 5.10. The number of hydrogen-bond acceptors (Lipinski definition) is 9. The Morgan fingerprint density at radius 1 is 0.433 bits per heavy atom. The fourth-order valence-electron chi connectivity index (χ4n) is 8.85. The first-order valence-electron chi connectivity index (χ1n) is 19.6. The Labute approximate surface area is 354 Å². The quantitative estimate of drug-likeness (QED) is 0.166. The molecule has 7 nitrogen and oxygen atoms in total. The summed E-state index contributed by atoms with van der Waals surface area (Å²) in [5, 5.41) is 4.42. The van der Waals surface area contributed by atoms with Gasteiger partial charge in [0.15, 0.2) is 17.5 Å². The summed E-state index contributed by atoms with van der Waals surface area (Å²) in [4.78, 5) is 34.3. The van der Waals surface area contributed by atoms with E-state index in [0.29, 0.717) is 17.5 Å². The summed E-state index contributed by atoms with van der Waals surface area (Å²) in [5.41, 5.74) is 13.4. The van der Waals surface area contributed by atoms with Crippen molar-refractivity contribution in [2.45, 2.75) is 5.41 Å². The zero-order valence-corrected chi connectivity index (χ0v) is 33.5. The smallest absolute Gasteiger partial charge is 0.164 e. The highest BCUT2D eigenvalue weighted by Crippen LogP contribution is 2.64. The molecule has 5 aromatic heterocycles. The number of rotatable bonds is 6. The van der Waals surface area contributed by atoms with Crippen LogP contribution in [0, 0.1) is 0 Å². The lowest BCUT2D eigenvalue weighted by Crippen LogP contribution is -2.36. The van der Waals surface area contributed by atoms with Crippen molar-refractivity contribution in [1.82, 2.24) is 29.9 Å². The normalized spacial score (nSPS) is 13.1. The summed E-state index contributed by atoms with van der Waals surface area (Å²) in [7, 11) is 0. The molecular formula is C51H31N7S2. The van der Waals surface area contributed by atoms with E-state index in [0.717, 1.165) is 61.8 Å². The van der Waals surface area contributed by atoms with Crippen molar-refractivity contribution < 1.29 is 0 Å². The Kier molecular flexibility index (Phi) is 7.97. The average molecular weight is 806 g/mol. The van der Waals surface area contributed by atoms with Gasteiger partial charge in [-0.05, 0) is 93.2 Å². The molecule has 2 aliphatic rings. The van der Waals surface area contributed by atoms with Crippen molar-refractivity contribution in [3.8, 4) is 66.3 Å². The van der Waals surface area contributed by atoms with Gasteiger partial charge in [-0.25, -0.2) is 24.9 Å². The second-order valence-corrected chi connectivity index (χ2v) is 16.6. The third-order valence-electron chi connectivity index (χ3n) is 11.6. The van der Waals surface area contributed by atoms with E-state index in [1.165, 1.54) is 26.4 Å². The number of thiophene rings is 2. The average Bonchev–Trinajstić information content (AvgIpc) is 4.07. The van der Waals surface area contributed by atoms with Crippen LogP contribution in [0.2, 0.25) is 0 Å². The molecule has 5 aromatic carbocycles. The Morgan fingerprint density at radius 2 is 0.983 bits per heavy atom. The van der Waals surface area contributed by atoms with E-state index >= 15 is 0 Å².